The maximum Gasteiger partial charge on any atom is 0.303 e. The quantitative estimate of drug-likeness (QED) is 0.390. The van der Waals surface area contributed by atoms with Crippen LogP contribution in [0.2, 0.25) is 0 Å². The first-order valence-electron chi connectivity index (χ1n) is 10.8. The number of hydrogen-bond acceptors (Lipinski definition) is 3. The third-order valence-corrected chi connectivity index (χ3v) is 6.46. The average Bonchev–Trinajstić information content (AvgIpc) is 3.09. The number of aliphatic carboxylic acids is 1. The summed E-state index contributed by atoms with van der Waals surface area (Å²) >= 11 is 0. The predicted octanol–water partition coefficient (Wildman–Crippen LogP) is 5.27. The standard InChI is InChI=1S/C23H37FO4/c1-5-6-13-23(3,4)19(25)12-11-16-15(2)14-18-21(16)22(24)17(28-18)9-7-8-10-20(26)27/h9,11-12,15-16,18-19,21-22,25H,5-8,10,13-14H2,1-4H3,(H,26,27)/b12-11+,17-9-/t15-,16+,18+,19-,21-,22?/m1/s1. The number of carboxylic acid groups (broad SMARTS) is 1. The van der Waals surface area contributed by atoms with Gasteiger partial charge >= 0.3 is 5.97 Å². The van der Waals surface area contributed by atoms with Crippen molar-refractivity contribution in [3.05, 3.63) is 24.0 Å². The molecule has 0 spiro atoms. The zero-order valence-electron chi connectivity index (χ0n) is 17.7. The van der Waals surface area contributed by atoms with Gasteiger partial charge in [0, 0.05) is 12.3 Å². The molecule has 6 atom stereocenters. The summed E-state index contributed by atoms with van der Waals surface area (Å²) in [5, 5.41) is 19.3. The Morgan fingerprint density at radius 2 is 2.11 bits per heavy atom. The second-order valence-electron chi connectivity index (χ2n) is 9.24. The Morgan fingerprint density at radius 1 is 1.39 bits per heavy atom. The third-order valence-electron chi connectivity index (χ3n) is 6.46. The van der Waals surface area contributed by atoms with E-state index in [1.54, 1.807) is 6.08 Å². The van der Waals surface area contributed by atoms with E-state index in [4.69, 9.17) is 9.84 Å². The molecule has 1 heterocycles. The molecule has 0 aromatic heterocycles. The highest BCUT2D eigenvalue weighted by Crippen LogP contribution is 2.49. The number of fused-ring (bicyclic) bond motifs is 1. The number of carbonyl (C=O) groups is 1. The van der Waals surface area contributed by atoms with Gasteiger partial charge in [-0.1, -0.05) is 52.7 Å². The van der Waals surface area contributed by atoms with Crippen LogP contribution >= 0.6 is 0 Å². The lowest BCUT2D eigenvalue weighted by atomic mass is 9.80. The van der Waals surface area contributed by atoms with E-state index < -0.39 is 18.2 Å². The fourth-order valence-corrected chi connectivity index (χ4v) is 4.50. The molecule has 2 aliphatic rings. The number of halogens is 1. The van der Waals surface area contributed by atoms with Gasteiger partial charge in [0.15, 0.2) is 6.17 Å². The van der Waals surface area contributed by atoms with Gasteiger partial charge in [0.1, 0.15) is 11.9 Å². The van der Waals surface area contributed by atoms with Crippen LogP contribution in [-0.2, 0) is 9.53 Å². The molecule has 1 saturated heterocycles. The van der Waals surface area contributed by atoms with Gasteiger partial charge in [-0.15, -0.1) is 0 Å². The van der Waals surface area contributed by atoms with Crippen molar-refractivity contribution >= 4 is 5.97 Å². The van der Waals surface area contributed by atoms with Gasteiger partial charge in [-0.05, 0) is 49.0 Å². The van der Waals surface area contributed by atoms with Gasteiger partial charge in [0.2, 0.25) is 0 Å². The van der Waals surface area contributed by atoms with Crippen LogP contribution in [0.4, 0.5) is 4.39 Å². The highest BCUT2D eigenvalue weighted by Gasteiger charge is 2.52. The summed E-state index contributed by atoms with van der Waals surface area (Å²) in [5.74, 6) is -0.332. The number of allylic oxidation sites excluding steroid dienone is 3. The Morgan fingerprint density at radius 3 is 2.75 bits per heavy atom. The van der Waals surface area contributed by atoms with E-state index in [2.05, 4.69) is 27.7 Å². The second-order valence-corrected chi connectivity index (χ2v) is 9.24. The lowest BCUT2D eigenvalue weighted by Crippen LogP contribution is -2.28. The summed E-state index contributed by atoms with van der Waals surface area (Å²) in [5.41, 5.74) is -0.190. The fourth-order valence-electron chi connectivity index (χ4n) is 4.50. The minimum atomic E-state index is -1.15. The zero-order chi connectivity index (χ0) is 20.9. The molecule has 160 valence electrons. The summed E-state index contributed by atoms with van der Waals surface area (Å²) in [7, 11) is 0. The Hall–Kier alpha value is -1.36. The maximum absolute atomic E-state index is 15.1. The molecule has 28 heavy (non-hydrogen) atoms. The van der Waals surface area contributed by atoms with Gasteiger partial charge in [0.05, 0.1) is 6.10 Å². The molecule has 1 unspecified atom stereocenters. The molecule has 0 aromatic carbocycles. The molecule has 0 bridgehead atoms. The molecule has 2 fully saturated rings. The maximum atomic E-state index is 15.1. The minimum absolute atomic E-state index is 0.0431. The molecule has 0 radical (unpaired) electrons. The molecule has 1 aliphatic heterocycles. The molecular weight excluding hydrogens is 359 g/mol. The number of alkyl halides is 1. The Kier molecular flexibility index (Phi) is 8.11. The van der Waals surface area contributed by atoms with Gasteiger partial charge in [-0.2, -0.15) is 0 Å². The molecule has 4 nitrogen and oxygen atoms in total. The second kappa shape index (κ2) is 9.91. The topological polar surface area (TPSA) is 66.8 Å². The smallest absolute Gasteiger partial charge is 0.303 e. The van der Waals surface area contributed by atoms with Crippen LogP contribution in [0.3, 0.4) is 0 Å². The molecule has 2 rings (SSSR count). The molecule has 0 amide bonds. The highest BCUT2D eigenvalue weighted by molar-refractivity contribution is 5.66. The lowest BCUT2D eigenvalue weighted by molar-refractivity contribution is -0.137. The van der Waals surface area contributed by atoms with Gasteiger partial charge in [-0.25, -0.2) is 4.39 Å². The van der Waals surface area contributed by atoms with Gasteiger partial charge in [0.25, 0.3) is 0 Å². The summed E-state index contributed by atoms with van der Waals surface area (Å²) in [6.45, 7) is 8.42. The molecule has 1 aliphatic carbocycles. The number of rotatable bonds is 10. The van der Waals surface area contributed by atoms with Crippen LogP contribution < -0.4 is 0 Å². The molecule has 5 heteroatoms. The van der Waals surface area contributed by atoms with Crippen LogP contribution in [0.15, 0.2) is 24.0 Å². The van der Waals surface area contributed by atoms with Crippen LogP contribution in [0, 0.1) is 23.2 Å². The van der Waals surface area contributed by atoms with E-state index in [0.717, 1.165) is 25.7 Å². The van der Waals surface area contributed by atoms with Crippen molar-refractivity contribution < 1.29 is 24.1 Å². The minimum Gasteiger partial charge on any atom is -0.492 e. The van der Waals surface area contributed by atoms with E-state index in [1.807, 2.05) is 12.2 Å². The van der Waals surface area contributed by atoms with Crippen LogP contribution in [0.25, 0.3) is 0 Å². The van der Waals surface area contributed by atoms with Crippen molar-refractivity contribution in [3.8, 4) is 0 Å². The summed E-state index contributed by atoms with van der Waals surface area (Å²) in [6, 6.07) is 0. The number of aliphatic hydroxyl groups is 1. The summed E-state index contributed by atoms with van der Waals surface area (Å²) in [4.78, 5) is 10.6. The first-order chi connectivity index (χ1) is 13.2. The average molecular weight is 397 g/mol. The van der Waals surface area contributed by atoms with Crippen molar-refractivity contribution in [2.45, 2.75) is 91.0 Å². The number of carboxylic acids is 1. The van der Waals surface area contributed by atoms with Crippen molar-refractivity contribution in [2.75, 3.05) is 0 Å². The van der Waals surface area contributed by atoms with Gasteiger partial charge < -0.3 is 14.9 Å². The van der Waals surface area contributed by atoms with E-state index in [1.165, 1.54) is 0 Å². The lowest BCUT2D eigenvalue weighted by Gasteiger charge is -2.29. The van der Waals surface area contributed by atoms with Crippen LogP contribution in [0.1, 0.15) is 72.6 Å². The summed E-state index contributed by atoms with van der Waals surface area (Å²) in [6.07, 6.45) is 8.81. The predicted molar refractivity (Wildman–Crippen MR) is 109 cm³/mol. The van der Waals surface area contributed by atoms with Crippen molar-refractivity contribution in [1.82, 2.24) is 0 Å². The fraction of sp³-hybridized carbons (Fsp3) is 0.783. The van der Waals surface area contributed by atoms with E-state index in [-0.39, 0.29) is 29.8 Å². The Bertz CT molecular complexity index is 583. The van der Waals surface area contributed by atoms with Crippen molar-refractivity contribution in [2.24, 2.45) is 23.2 Å². The first-order valence-corrected chi connectivity index (χ1v) is 10.8. The normalized spacial score (nSPS) is 32.6. The monoisotopic (exact) mass is 396 g/mol. The number of aliphatic hydroxyl groups excluding tert-OH is 1. The molecular formula is C23H37FO4. The Balaban J connectivity index is 2.00. The van der Waals surface area contributed by atoms with E-state index in [9.17, 15) is 9.90 Å². The Labute approximate surface area is 168 Å². The van der Waals surface area contributed by atoms with Crippen LogP contribution in [-0.4, -0.2) is 34.6 Å². The van der Waals surface area contributed by atoms with Crippen molar-refractivity contribution in [3.63, 3.8) is 0 Å². The number of unbranched alkanes of at least 4 members (excludes halogenated alkanes) is 2. The van der Waals surface area contributed by atoms with Crippen LogP contribution in [0.5, 0.6) is 0 Å². The first kappa shape index (κ1) is 22.9. The summed E-state index contributed by atoms with van der Waals surface area (Å²) < 4.78 is 20.9. The SMILES string of the molecule is CCCCC(C)(C)[C@H](O)/C=C/[C@@H]1[C@H]2C(F)/C(=C/CCCC(=O)O)O[C@H]2C[C@H]1C. The third kappa shape index (κ3) is 5.59. The zero-order valence-corrected chi connectivity index (χ0v) is 17.7. The largest absolute Gasteiger partial charge is 0.492 e. The van der Waals surface area contributed by atoms with Crippen molar-refractivity contribution in [1.29, 1.82) is 0 Å². The van der Waals surface area contributed by atoms with Gasteiger partial charge in [-0.3, -0.25) is 4.79 Å². The molecule has 0 aromatic rings. The highest BCUT2D eigenvalue weighted by atomic mass is 19.1. The number of ether oxygens (including phenoxy) is 1. The van der Waals surface area contributed by atoms with E-state index in [0.29, 0.717) is 24.5 Å². The molecule has 1 saturated carbocycles. The molecule has 2 N–H and O–H groups in total. The van der Waals surface area contributed by atoms with E-state index >= 15 is 4.39 Å². The number of hydrogen-bond donors (Lipinski definition) is 2.